The van der Waals surface area contributed by atoms with E-state index in [0.717, 1.165) is 45.4 Å². The predicted octanol–water partition coefficient (Wildman–Crippen LogP) is 7.15. The van der Waals surface area contributed by atoms with E-state index in [1.165, 1.54) is 4.90 Å². The molecule has 45 heavy (non-hydrogen) atoms. The Morgan fingerprint density at radius 2 is 1.33 bits per heavy atom. The van der Waals surface area contributed by atoms with Crippen LogP contribution in [-0.4, -0.2) is 35.8 Å². The van der Waals surface area contributed by atoms with Gasteiger partial charge in [0.25, 0.3) is 5.24 Å². The number of ether oxygens (including phenoxy) is 1. The molecular formula is C37H30N4O3S. The molecule has 0 N–H and O–H groups in total. The van der Waals surface area contributed by atoms with Gasteiger partial charge in [0.1, 0.15) is 23.7 Å². The van der Waals surface area contributed by atoms with Crippen molar-refractivity contribution in [2.75, 3.05) is 0 Å². The van der Waals surface area contributed by atoms with E-state index in [2.05, 4.69) is 9.97 Å². The second-order valence-corrected chi connectivity index (χ2v) is 12.1. The van der Waals surface area contributed by atoms with Gasteiger partial charge in [-0.3, -0.25) is 14.5 Å². The van der Waals surface area contributed by atoms with E-state index in [9.17, 15) is 9.59 Å². The second-order valence-electron chi connectivity index (χ2n) is 10.9. The van der Waals surface area contributed by atoms with Crippen LogP contribution in [0.25, 0.3) is 11.2 Å². The fraction of sp³-hybridized carbons (Fsp3) is 0.135. The van der Waals surface area contributed by atoms with E-state index >= 15 is 0 Å². The lowest BCUT2D eigenvalue weighted by Crippen LogP contribution is -2.51. The first kappa shape index (κ1) is 28.6. The molecule has 7 rings (SSSR count). The highest BCUT2D eigenvalue weighted by Crippen LogP contribution is 2.47. The Labute approximate surface area is 265 Å². The van der Waals surface area contributed by atoms with E-state index < -0.39 is 10.8 Å². The highest BCUT2D eigenvalue weighted by atomic mass is 32.2. The molecule has 4 aromatic carbocycles. The van der Waals surface area contributed by atoms with Crippen LogP contribution >= 0.6 is 11.8 Å². The van der Waals surface area contributed by atoms with Gasteiger partial charge in [0.2, 0.25) is 5.91 Å². The van der Waals surface area contributed by atoms with Gasteiger partial charge in [0, 0.05) is 13.2 Å². The number of rotatable bonds is 9. The molecule has 0 bridgehead atoms. The Balaban J connectivity index is 1.15. The van der Waals surface area contributed by atoms with Crippen molar-refractivity contribution < 1.29 is 14.3 Å². The lowest BCUT2D eigenvalue weighted by atomic mass is 9.75. The SMILES string of the molecule is Cn1c(COc2ccc(CC3SC(=O)N(C(c4ccccc4)(c4ccccc4)c4ccccc4)C3=O)cc2)nc2ncccc21. The van der Waals surface area contributed by atoms with E-state index in [0.29, 0.717) is 24.4 Å². The minimum absolute atomic E-state index is 0.211. The molecule has 3 heterocycles. The molecule has 2 amide bonds. The summed E-state index contributed by atoms with van der Waals surface area (Å²) in [5.74, 6) is 1.26. The number of fused-ring (bicyclic) bond motifs is 1. The van der Waals surface area contributed by atoms with Crippen molar-refractivity contribution >= 4 is 34.1 Å². The predicted molar refractivity (Wildman–Crippen MR) is 176 cm³/mol. The zero-order valence-electron chi connectivity index (χ0n) is 24.6. The topological polar surface area (TPSA) is 77.3 Å². The van der Waals surface area contributed by atoms with Crippen molar-refractivity contribution in [1.82, 2.24) is 19.4 Å². The molecule has 1 aliphatic heterocycles. The summed E-state index contributed by atoms with van der Waals surface area (Å²) < 4.78 is 8.00. The molecule has 222 valence electrons. The fourth-order valence-corrected chi connectivity index (χ4v) is 7.16. The molecule has 0 radical (unpaired) electrons. The third kappa shape index (κ3) is 5.17. The maximum atomic E-state index is 14.4. The summed E-state index contributed by atoms with van der Waals surface area (Å²) in [7, 11) is 1.95. The van der Waals surface area contributed by atoms with Gasteiger partial charge >= 0.3 is 0 Å². The summed E-state index contributed by atoms with van der Waals surface area (Å²) in [4.78, 5) is 38.7. The number of aromatic nitrogens is 3. The smallest absolute Gasteiger partial charge is 0.290 e. The summed E-state index contributed by atoms with van der Waals surface area (Å²) in [6.07, 6.45) is 2.14. The largest absolute Gasteiger partial charge is 0.486 e. The number of carbonyl (C=O) groups is 2. The molecule has 7 nitrogen and oxygen atoms in total. The van der Waals surface area contributed by atoms with Gasteiger partial charge in [-0.1, -0.05) is 115 Å². The molecule has 1 aliphatic rings. The number of aryl methyl sites for hydroxylation is 1. The van der Waals surface area contributed by atoms with Crippen molar-refractivity contribution in [2.45, 2.75) is 23.8 Å². The summed E-state index contributed by atoms with van der Waals surface area (Å²) in [6, 6.07) is 41.0. The number of imidazole rings is 1. The van der Waals surface area contributed by atoms with Gasteiger partial charge in [0.05, 0.1) is 10.8 Å². The first-order valence-electron chi connectivity index (χ1n) is 14.7. The third-order valence-corrected chi connectivity index (χ3v) is 9.33. The number of thioether (sulfide) groups is 1. The van der Waals surface area contributed by atoms with Crippen molar-refractivity contribution in [3.8, 4) is 5.75 Å². The lowest BCUT2D eigenvalue weighted by Gasteiger charge is -2.42. The van der Waals surface area contributed by atoms with Gasteiger partial charge in [-0.25, -0.2) is 9.97 Å². The van der Waals surface area contributed by atoms with Crippen LogP contribution in [0.4, 0.5) is 4.79 Å². The van der Waals surface area contributed by atoms with Crippen LogP contribution in [0.5, 0.6) is 5.75 Å². The number of nitrogens with zero attached hydrogens (tertiary/aromatic N) is 4. The zero-order chi connectivity index (χ0) is 30.8. The molecule has 8 heteroatoms. The van der Waals surface area contributed by atoms with Crippen molar-refractivity contribution in [2.24, 2.45) is 7.05 Å². The first-order valence-corrected chi connectivity index (χ1v) is 15.6. The highest BCUT2D eigenvalue weighted by molar-refractivity contribution is 8.15. The molecule has 1 saturated heterocycles. The minimum atomic E-state index is -1.12. The van der Waals surface area contributed by atoms with E-state index in [4.69, 9.17) is 4.74 Å². The Morgan fingerprint density at radius 3 is 1.89 bits per heavy atom. The second kappa shape index (κ2) is 12.1. The lowest BCUT2D eigenvalue weighted by molar-refractivity contribution is -0.129. The molecule has 1 atom stereocenters. The van der Waals surface area contributed by atoms with Crippen LogP contribution in [0.3, 0.4) is 0 Å². The quantitative estimate of drug-likeness (QED) is 0.162. The molecule has 0 saturated carbocycles. The number of hydrogen-bond acceptors (Lipinski definition) is 6. The van der Waals surface area contributed by atoms with Gasteiger partial charge in [0.15, 0.2) is 5.65 Å². The Hall–Kier alpha value is -5.21. The molecule has 6 aromatic rings. The molecule has 0 aliphatic carbocycles. The molecule has 0 spiro atoms. The third-order valence-electron chi connectivity index (χ3n) is 8.29. The number of hydrogen-bond donors (Lipinski definition) is 0. The number of amides is 2. The molecular weight excluding hydrogens is 580 g/mol. The maximum absolute atomic E-state index is 14.4. The summed E-state index contributed by atoms with van der Waals surface area (Å²) in [5.41, 5.74) is 4.01. The van der Waals surface area contributed by atoms with Gasteiger partial charge in [-0.15, -0.1) is 0 Å². The van der Waals surface area contributed by atoms with Crippen LogP contribution in [-0.2, 0) is 30.4 Å². The number of pyridine rings is 1. The highest BCUT2D eigenvalue weighted by Gasteiger charge is 2.53. The standard InChI is InChI=1S/C37H30N4O3S/c1-40-31-18-11-23-38-34(31)39-33(40)25-44-30-21-19-26(20-22-30)24-32-35(42)41(36(43)45-32)37(27-12-5-2-6-13-27,28-14-7-3-8-15-28)29-16-9-4-10-17-29/h2-23,32H,24-25H2,1H3. The Bertz CT molecular complexity index is 1870. The van der Waals surface area contributed by atoms with Crippen LogP contribution < -0.4 is 4.74 Å². The summed E-state index contributed by atoms with van der Waals surface area (Å²) >= 11 is 1.09. The van der Waals surface area contributed by atoms with Crippen molar-refractivity contribution in [1.29, 1.82) is 0 Å². The Morgan fingerprint density at radius 1 is 0.756 bits per heavy atom. The number of carbonyl (C=O) groups excluding carboxylic acids is 2. The van der Waals surface area contributed by atoms with Crippen LogP contribution in [0.15, 0.2) is 134 Å². The number of benzene rings is 4. The number of imide groups is 1. The minimum Gasteiger partial charge on any atom is -0.486 e. The fourth-order valence-electron chi connectivity index (χ4n) is 6.10. The van der Waals surface area contributed by atoms with Crippen LogP contribution in [0, 0.1) is 0 Å². The van der Waals surface area contributed by atoms with Crippen LogP contribution in [0.2, 0.25) is 0 Å². The average Bonchev–Trinajstić information content (AvgIpc) is 3.56. The van der Waals surface area contributed by atoms with Gasteiger partial charge in [-0.2, -0.15) is 0 Å². The average molecular weight is 611 g/mol. The van der Waals surface area contributed by atoms with E-state index in [1.54, 1.807) is 6.20 Å². The summed E-state index contributed by atoms with van der Waals surface area (Å²) in [6.45, 7) is 0.299. The van der Waals surface area contributed by atoms with Crippen molar-refractivity contribution in [3.63, 3.8) is 0 Å². The normalized spacial score (nSPS) is 15.1. The summed E-state index contributed by atoms with van der Waals surface area (Å²) in [5, 5.41) is -0.828. The molecule has 1 unspecified atom stereocenters. The molecule has 1 fully saturated rings. The molecule has 2 aromatic heterocycles. The van der Waals surface area contributed by atoms with Crippen molar-refractivity contribution in [3.05, 3.63) is 162 Å². The van der Waals surface area contributed by atoms with Crippen LogP contribution in [0.1, 0.15) is 28.1 Å². The van der Waals surface area contributed by atoms with E-state index in [1.807, 2.05) is 139 Å². The first-order chi connectivity index (χ1) is 22.1. The zero-order valence-corrected chi connectivity index (χ0v) is 25.4. The Kier molecular flexibility index (Phi) is 7.65. The maximum Gasteiger partial charge on any atom is 0.290 e. The van der Waals surface area contributed by atoms with Gasteiger partial charge < -0.3 is 9.30 Å². The van der Waals surface area contributed by atoms with E-state index in [-0.39, 0.29) is 11.1 Å². The monoisotopic (exact) mass is 610 g/mol. The van der Waals surface area contributed by atoms with Gasteiger partial charge in [-0.05, 0) is 52.9 Å².